The van der Waals surface area contributed by atoms with Crippen LogP contribution in [0.5, 0.6) is 0 Å². The summed E-state index contributed by atoms with van der Waals surface area (Å²) in [5, 5.41) is 12.2. The first-order valence-corrected chi connectivity index (χ1v) is 8.88. The first-order chi connectivity index (χ1) is 11.0. The zero-order valence-electron chi connectivity index (χ0n) is 14.5. The summed E-state index contributed by atoms with van der Waals surface area (Å²) in [7, 11) is 0. The van der Waals surface area contributed by atoms with E-state index in [0.717, 1.165) is 19.3 Å². The van der Waals surface area contributed by atoms with Gasteiger partial charge in [-0.05, 0) is 39.0 Å². The van der Waals surface area contributed by atoms with Crippen molar-refractivity contribution < 1.29 is 19.4 Å². The zero-order chi connectivity index (χ0) is 17.0. The molecule has 0 bridgehead atoms. The summed E-state index contributed by atoms with van der Waals surface area (Å²) in [6.45, 7) is 8.08. The van der Waals surface area contributed by atoms with Crippen LogP contribution in [0.15, 0.2) is 0 Å². The van der Waals surface area contributed by atoms with Crippen LogP contribution in [0.4, 0.5) is 4.79 Å². The van der Waals surface area contributed by atoms with Crippen molar-refractivity contribution in [2.75, 3.05) is 19.7 Å². The van der Waals surface area contributed by atoms with Crippen LogP contribution in [0, 0.1) is 11.3 Å². The maximum Gasteiger partial charge on any atom is 0.317 e. The Kier molecular flexibility index (Phi) is 5.89. The third-order valence-corrected chi connectivity index (χ3v) is 5.90. The number of rotatable bonds is 6. The van der Waals surface area contributed by atoms with Crippen molar-refractivity contribution in [1.82, 2.24) is 10.2 Å². The fourth-order valence-electron chi connectivity index (χ4n) is 4.15. The van der Waals surface area contributed by atoms with Crippen molar-refractivity contribution in [3.8, 4) is 0 Å². The van der Waals surface area contributed by atoms with Crippen LogP contribution >= 0.6 is 0 Å². The second-order valence-corrected chi connectivity index (χ2v) is 6.72. The van der Waals surface area contributed by atoms with E-state index in [1.54, 1.807) is 4.90 Å². The molecule has 2 N–H and O–H groups in total. The Morgan fingerprint density at radius 2 is 1.83 bits per heavy atom. The van der Waals surface area contributed by atoms with Gasteiger partial charge in [-0.3, -0.25) is 4.79 Å². The van der Waals surface area contributed by atoms with Crippen LogP contribution in [-0.2, 0) is 9.53 Å². The molecule has 1 saturated carbocycles. The van der Waals surface area contributed by atoms with Gasteiger partial charge in [-0.1, -0.05) is 13.8 Å². The van der Waals surface area contributed by atoms with Gasteiger partial charge in [0.15, 0.2) is 0 Å². The summed E-state index contributed by atoms with van der Waals surface area (Å²) in [4.78, 5) is 25.2. The lowest BCUT2D eigenvalue weighted by molar-refractivity contribution is -0.143. The molecule has 2 unspecified atom stereocenters. The van der Waals surface area contributed by atoms with Gasteiger partial charge in [0.25, 0.3) is 0 Å². The number of likely N-dealkylation sites (tertiary alicyclic amines) is 1. The molecule has 1 aliphatic heterocycles. The van der Waals surface area contributed by atoms with Gasteiger partial charge < -0.3 is 20.1 Å². The number of carbonyl (C=O) groups is 2. The number of carboxylic acid groups (broad SMARTS) is 1. The number of urea groups is 1. The van der Waals surface area contributed by atoms with E-state index < -0.39 is 5.97 Å². The van der Waals surface area contributed by atoms with Crippen LogP contribution in [0.25, 0.3) is 0 Å². The standard InChI is InChI=1S/C17H30N2O4/c1-4-17(5-2)13(11-14(17)23-6-3)18-16(22)19-9-7-12(8-10-19)15(20)21/h12-14H,4-11H2,1-3H3,(H,18,22)(H,20,21). The molecule has 6 nitrogen and oxygen atoms in total. The molecule has 2 aliphatic rings. The molecule has 0 aromatic carbocycles. The van der Waals surface area contributed by atoms with Crippen molar-refractivity contribution in [2.45, 2.75) is 65.0 Å². The van der Waals surface area contributed by atoms with Crippen molar-refractivity contribution in [3.05, 3.63) is 0 Å². The second-order valence-electron chi connectivity index (χ2n) is 6.72. The van der Waals surface area contributed by atoms with Crippen molar-refractivity contribution in [1.29, 1.82) is 0 Å². The minimum absolute atomic E-state index is 0.0328. The minimum atomic E-state index is -0.750. The molecule has 132 valence electrons. The number of aliphatic carboxylic acids is 1. The second kappa shape index (κ2) is 7.51. The number of carbonyl (C=O) groups excluding carboxylic acids is 1. The van der Waals surface area contributed by atoms with Gasteiger partial charge in [0.1, 0.15) is 0 Å². The maximum absolute atomic E-state index is 12.5. The van der Waals surface area contributed by atoms with Crippen LogP contribution in [0.1, 0.15) is 52.9 Å². The summed E-state index contributed by atoms with van der Waals surface area (Å²) < 4.78 is 5.84. The molecule has 0 aromatic rings. The lowest BCUT2D eigenvalue weighted by Crippen LogP contribution is -2.66. The van der Waals surface area contributed by atoms with Crippen molar-refractivity contribution in [2.24, 2.45) is 11.3 Å². The smallest absolute Gasteiger partial charge is 0.317 e. The number of piperidine rings is 1. The van der Waals surface area contributed by atoms with Crippen LogP contribution in [0.3, 0.4) is 0 Å². The number of carboxylic acids is 1. The number of nitrogens with one attached hydrogen (secondary N) is 1. The fraction of sp³-hybridized carbons (Fsp3) is 0.882. The van der Waals surface area contributed by atoms with E-state index in [1.807, 2.05) is 6.92 Å². The molecule has 0 spiro atoms. The molecule has 2 atom stereocenters. The van der Waals surface area contributed by atoms with E-state index in [4.69, 9.17) is 9.84 Å². The summed E-state index contributed by atoms with van der Waals surface area (Å²) >= 11 is 0. The van der Waals surface area contributed by atoms with Gasteiger partial charge in [0, 0.05) is 31.2 Å². The van der Waals surface area contributed by atoms with E-state index in [0.29, 0.717) is 32.5 Å². The monoisotopic (exact) mass is 326 g/mol. The van der Waals surface area contributed by atoms with Gasteiger partial charge in [0.05, 0.1) is 12.0 Å². The third-order valence-electron chi connectivity index (χ3n) is 5.90. The number of amides is 2. The molecule has 1 aliphatic carbocycles. The van der Waals surface area contributed by atoms with E-state index >= 15 is 0 Å². The predicted molar refractivity (Wildman–Crippen MR) is 87.3 cm³/mol. The molecule has 2 rings (SSSR count). The highest BCUT2D eigenvalue weighted by Crippen LogP contribution is 2.49. The third kappa shape index (κ3) is 3.47. The highest BCUT2D eigenvalue weighted by atomic mass is 16.5. The number of hydrogen-bond acceptors (Lipinski definition) is 3. The highest BCUT2D eigenvalue weighted by Gasteiger charge is 2.54. The maximum atomic E-state index is 12.5. The summed E-state index contributed by atoms with van der Waals surface area (Å²) in [6.07, 6.45) is 4.15. The Morgan fingerprint density at radius 1 is 1.22 bits per heavy atom. The quantitative estimate of drug-likeness (QED) is 0.786. The summed E-state index contributed by atoms with van der Waals surface area (Å²) in [6, 6.07) is 0.0961. The molecule has 1 saturated heterocycles. The predicted octanol–water partition coefficient (Wildman–Crippen LogP) is 2.48. The van der Waals surface area contributed by atoms with Gasteiger partial charge in [-0.2, -0.15) is 0 Å². The molecule has 0 radical (unpaired) electrons. The molecule has 23 heavy (non-hydrogen) atoms. The Balaban J connectivity index is 1.89. The molecule has 2 amide bonds. The fourth-order valence-corrected chi connectivity index (χ4v) is 4.15. The van der Waals surface area contributed by atoms with E-state index in [2.05, 4.69) is 19.2 Å². The highest BCUT2D eigenvalue weighted by molar-refractivity contribution is 5.76. The molecule has 1 heterocycles. The normalized spacial score (nSPS) is 27.3. The number of nitrogens with zero attached hydrogens (tertiary/aromatic N) is 1. The van der Waals surface area contributed by atoms with Gasteiger partial charge in [-0.15, -0.1) is 0 Å². The van der Waals surface area contributed by atoms with Crippen LogP contribution in [0.2, 0.25) is 0 Å². The minimum Gasteiger partial charge on any atom is -0.481 e. The zero-order valence-corrected chi connectivity index (χ0v) is 14.5. The Hall–Kier alpha value is -1.30. The molecular weight excluding hydrogens is 296 g/mol. The molecule has 6 heteroatoms. The number of hydrogen-bond donors (Lipinski definition) is 2. The molecule has 2 fully saturated rings. The van der Waals surface area contributed by atoms with E-state index in [-0.39, 0.29) is 29.5 Å². The summed E-state index contributed by atoms with van der Waals surface area (Å²) in [5.41, 5.74) is 0.0328. The van der Waals surface area contributed by atoms with E-state index in [1.165, 1.54) is 0 Å². The Bertz CT molecular complexity index is 428. The Labute approximate surface area is 138 Å². The van der Waals surface area contributed by atoms with Crippen molar-refractivity contribution >= 4 is 12.0 Å². The largest absolute Gasteiger partial charge is 0.481 e. The van der Waals surface area contributed by atoms with Gasteiger partial charge >= 0.3 is 12.0 Å². The van der Waals surface area contributed by atoms with Crippen molar-refractivity contribution in [3.63, 3.8) is 0 Å². The van der Waals surface area contributed by atoms with Gasteiger partial charge in [-0.25, -0.2) is 4.79 Å². The van der Waals surface area contributed by atoms with Crippen LogP contribution in [-0.4, -0.2) is 53.8 Å². The lowest BCUT2D eigenvalue weighted by atomic mass is 9.58. The van der Waals surface area contributed by atoms with Crippen LogP contribution < -0.4 is 5.32 Å². The van der Waals surface area contributed by atoms with Gasteiger partial charge in [0.2, 0.25) is 0 Å². The molecular formula is C17H30N2O4. The topological polar surface area (TPSA) is 78.9 Å². The molecule has 0 aromatic heterocycles. The first kappa shape index (κ1) is 18.0. The average molecular weight is 326 g/mol. The average Bonchev–Trinajstić information content (AvgIpc) is 2.55. The Morgan fingerprint density at radius 3 is 2.30 bits per heavy atom. The first-order valence-electron chi connectivity index (χ1n) is 8.88. The lowest BCUT2D eigenvalue weighted by Gasteiger charge is -2.55. The number of ether oxygens (including phenoxy) is 1. The SMILES string of the molecule is CCOC1CC(NC(=O)N2CCC(C(=O)O)CC2)C1(CC)CC. The van der Waals surface area contributed by atoms with E-state index in [9.17, 15) is 9.59 Å². The summed E-state index contributed by atoms with van der Waals surface area (Å²) in [5.74, 6) is -1.06.